The molecule has 11 heavy (non-hydrogen) atoms. The molecule has 0 aromatic carbocycles. The van der Waals surface area contributed by atoms with Crippen molar-refractivity contribution in [1.82, 2.24) is 0 Å². The second-order valence-electron chi connectivity index (χ2n) is 2.57. The molecule has 0 aromatic heterocycles. The first-order chi connectivity index (χ1) is 4.96. The normalized spacial score (nSPS) is 30.7. The SMILES string of the molecule is C[N+]1(S(=O)(=O)O)C=CC=CC1. The Morgan fingerprint density at radius 1 is 1.45 bits per heavy atom. The van der Waals surface area contributed by atoms with E-state index < -0.39 is 14.2 Å². The second-order valence-corrected chi connectivity index (χ2v) is 4.30. The molecule has 0 saturated heterocycles. The third-order valence-corrected chi connectivity index (χ3v) is 2.97. The van der Waals surface area contributed by atoms with Gasteiger partial charge < -0.3 is 0 Å². The highest BCUT2D eigenvalue weighted by Crippen LogP contribution is 2.14. The third-order valence-electron chi connectivity index (χ3n) is 1.64. The first-order valence-corrected chi connectivity index (χ1v) is 4.53. The largest absolute Gasteiger partial charge is 0.437 e. The lowest BCUT2D eigenvalue weighted by molar-refractivity contribution is -0.727. The maximum atomic E-state index is 10.8. The molecule has 1 aliphatic rings. The summed E-state index contributed by atoms with van der Waals surface area (Å²) in [7, 11) is -2.60. The Balaban J connectivity index is 3.04. The molecule has 0 aromatic rings. The van der Waals surface area contributed by atoms with Gasteiger partial charge in [-0.15, -0.1) is 8.42 Å². The van der Waals surface area contributed by atoms with Gasteiger partial charge in [0.2, 0.25) is 0 Å². The minimum Gasteiger partial charge on any atom is -0.241 e. The Kier molecular flexibility index (Phi) is 1.87. The molecule has 4 nitrogen and oxygen atoms in total. The maximum absolute atomic E-state index is 10.8. The van der Waals surface area contributed by atoms with Crippen molar-refractivity contribution in [3.05, 3.63) is 24.4 Å². The predicted molar refractivity (Wildman–Crippen MR) is 40.9 cm³/mol. The number of quaternary nitrogens is 1. The fraction of sp³-hybridized carbons (Fsp3) is 0.333. The number of rotatable bonds is 1. The van der Waals surface area contributed by atoms with Crippen LogP contribution in [-0.2, 0) is 10.3 Å². The van der Waals surface area contributed by atoms with Crippen molar-refractivity contribution < 1.29 is 16.9 Å². The highest BCUT2D eigenvalue weighted by Gasteiger charge is 2.33. The van der Waals surface area contributed by atoms with Crippen LogP contribution >= 0.6 is 0 Å². The van der Waals surface area contributed by atoms with Gasteiger partial charge in [-0.05, 0) is 12.2 Å². The standard InChI is InChI=1S/C6H9NO3S/c1-7(11(8,9)10)5-3-2-4-6-7/h2-5H,6H2,1H3/p+1. The van der Waals surface area contributed by atoms with E-state index in [0.29, 0.717) is 0 Å². The Bertz CT molecular complexity index is 304. The van der Waals surface area contributed by atoms with Gasteiger partial charge in [-0.25, -0.2) is 4.55 Å². The van der Waals surface area contributed by atoms with Gasteiger partial charge in [-0.1, -0.05) is 6.08 Å². The molecule has 1 rings (SSSR count). The highest BCUT2D eigenvalue weighted by molar-refractivity contribution is 7.80. The fourth-order valence-electron chi connectivity index (χ4n) is 0.812. The second kappa shape index (κ2) is 2.44. The first-order valence-electron chi connectivity index (χ1n) is 3.13. The van der Waals surface area contributed by atoms with Crippen LogP contribution in [-0.4, -0.2) is 30.5 Å². The van der Waals surface area contributed by atoms with Crippen molar-refractivity contribution in [2.24, 2.45) is 0 Å². The predicted octanol–water partition coefficient (Wildman–Crippen LogP) is 0.319. The summed E-state index contributed by atoms with van der Waals surface area (Å²) >= 11 is 0. The van der Waals surface area contributed by atoms with E-state index in [-0.39, 0.29) is 6.54 Å². The molecule has 5 heteroatoms. The molecule has 0 saturated carbocycles. The van der Waals surface area contributed by atoms with Gasteiger partial charge in [0.05, 0.1) is 7.05 Å². The summed E-state index contributed by atoms with van der Waals surface area (Å²) in [6.07, 6.45) is 6.45. The summed E-state index contributed by atoms with van der Waals surface area (Å²) in [5.74, 6) is 0. The van der Waals surface area contributed by atoms with Gasteiger partial charge in [-0.2, -0.15) is 3.89 Å². The molecule has 1 atom stereocenters. The average molecular weight is 176 g/mol. The van der Waals surface area contributed by atoms with E-state index >= 15 is 0 Å². The van der Waals surface area contributed by atoms with E-state index in [1.165, 1.54) is 13.2 Å². The Hall–Kier alpha value is -0.650. The summed E-state index contributed by atoms with van der Waals surface area (Å²) in [6.45, 7) is 0.273. The fourth-order valence-corrected chi connectivity index (χ4v) is 1.31. The van der Waals surface area contributed by atoms with Crippen LogP contribution < -0.4 is 0 Å². The van der Waals surface area contributed by atoms with E-state index in [1.54, 1.807) is 18.2 Å². The Morgan fingerprint density at radius 3 is 2.36 bits per heavy atom. The van der Waals surface area contributed by atoms with E-state index in [0.717, 1.165) is 0 Å². The highest BCUT2D eigenvalue weighted by atomic mass is 32.2. The van der Waals surface area contributed by atoms with Gasteiger partial charge in [0.1, 0.15) is 12.7 Å². The van der Waals surface area contributed by atoms with Gasteiger partial charge >= 0.3 is 10.3 Å². The van der Waals surface area contributed by atoms with Crippen LogP contribution in [0.15, 0.2) is 24.4 Å². The molecule has 0 radical (unpaired) electrons. The molecule has 0 bridgehead atoms. The summed E-state index contributed by atoms with van der Waals surface area (Å²) < 4.78 is 29.8. The molecule has 1 aliphatic heterocycles. The lowest BCUT2D eigenvalue weighted by Crippen LogP contribution is -2.44. The Morgan fingerprint density at radius 2 is 2.09 bits per heavy atom. The van der Waals surface area contributed by atoms with E-state index in [4.69, 9.17) is 4.55 Å². The molecule has 0 aliphatic carbocycles. The maximum Gasteiger partial charge on any atom is 0.437 e. The zero-order chi connectivity index (χ0) is 8.54. The van der Waals surface area contributed by atoms with Crippen LogP contribution in [0.4, 0.5) is 0 Å². The zero-order valence-corrected chi connectivity index (χ0v) is 6.95. The molecule has 0 spiro atoms. The van der Waals surface area contributed by atoms with Crippen molar-refractivity contribution >= 4 is 10.3 Å². The van der Waals surface area contributed by atoms with Crippen LogP contribution in [0.25, 0.3) is 0 Å². The topological polar surface area (TPSA) is 54.4 Å². The zero-order valence-electron chi connectivity index (χ0n) is 6.14. The van der Waals surface area contributed by atoms with Crippen molar-refractivity contribution in [1.29, 1.82) is 0 Å². The number of likely N-dealkylation sites (N-methyl/N-ethyl adjacent to an activating group) is 1. The van der Waals surface area contributed by atoms with Gasteiger partial charge in [0.15, 0.2) is 0 Å². The first kappa shape index (κ1) is 8.45. The van der Waals surface area contributed by atoms with Crippen LogP contribution in [0.5, 0.6) is 0 Å². The van der Waals surface area contributed by atoms with Crippen molar-refractivity contribution in [2.75, 3.05) is 13.6 Å². The molecular formula is C6H10NO3S+. The number of nitrogens with zero attached hydrogens (tertiary/aromatic N) is 1. The molecule has 1 unspecified atom stereocenters. The lowest BCUT2D eigenvalue weighted by Gasteiger charge is -2.24. The average Bonchev–Trinajstić information content (AvgIpc) is 1.87. The van der Waals surface area contributed by atoms with E-state index in [9.17, 15) is 8.42 Å². The molecule has 0 amide bonds. The minimum absolute atomic E-state index is 0.273. The summed E-state index contributed by atoms with van der Waals surface area (Å²) in [4.78, 5) is 0. The number of hydrogen-bond acceptors (Lipinski definition) is 2. The van der Waals surface area contributed by atoms with E-state index in [1.807, 2.05) is 0 Å². The molecule has 0 fully saturated rings. The summed E-state index contributed by atoms with van der Waals surface area (Å²) in [5.41, 5.74) is 0. The number of hydrogen-bond donors (Lipinski definition) is 1. The lowest BCUT2D eigenvalue weighted by atomic mass is 10.4. The molecule has 62 valence electrons. The Labute approximate surface area is 65.9 Å². The smallest absolute Gasteiger partial charge is 0.241 e. The van der Waals surface area contributed by atoms with Crippen LogP contribution in [0.3, 0.4) is 0 Å². The van der Waals surface area contributed by atoms with Gasteiger partial charge in [0, 0.05) is 0 Å². The monoisotopic (exact) mass is 176 g/mol. The third kappa shape index (κ3) is 1.50. The minimum atomic E-state index is -4.03. The van der Waals surface area contributed by atoms with Crippen LogP contribution in [0, 0.1) is 0 Å². The number of allylic oxidation sites excluding steroid dienone is 2. The molecule has 1 heterocycles. The summed E-state index contributed by atoms with van der Waals surface area (Å²) in [6, 6.07) is 0. The summed E-state index contributed by atoms with van der Waals surface area (Å²) in [5, 5.41) is 0. The van der Waals surface area contributed by atoms with Crippen LogP contribution in [0.2, 0.25) is 0 Å². The van der Waals surface area contributed by atoms with Crippen molar-refractivity contribution in [2.45, 2.75) is 0 Å². The molecular weight excluding hydrogens is 166 g/mol. The van der Waals surface area contributed by atoms with Gasteiger partial charge in [-0.3, -0.25) is 0 Å². The van der Waals surface area contributed by atoms with E-state index in [2.05, 4.69) is 0 Å². The molecule has 1 N–H and O–H groups in total. The van der Waals surface area contributed by atoms with Gasteiger partial charge in [0.25, 0.3) is 0 Å². The quantitative estimate of drug-likeness (QED) is 0.462. The van der Waals surface area contributed by atoms with Crippen LogP contribution in [0.1, 0.15) is 0 Å². The van der Waals surface area contributed by atoms with Crippen molar-refractivity contribution in [3.8, 4) is 0 Å². The van der Waals surface area contributed by atoms with Crippen molar-refractivity contribution in [3.63, 3.8) is 0 Å².